The number of fused-ring (bicyclic) bond motifs is 1. The molecule has 0 saturated heterocycles. The van der Waals surface area contributed by atoms with Crippen LogP contribution in [0.15, 0.2) is 59.5 Å². The Hall–Kier alpha value is -4.60. The first-order valence-electron chi connectivity index (χ1n) is 12.5. The number of benzene rings is 2. The van der Waals surface area contributed by atoms with Crippen LogP contribution >= 0.6 is 0 Å². The average molecular weight is 532 g/mol. The minimum atomic E-state index is -0.582. The molecule has 10 heteroatoms. The number of carbonyl (C=O) groups excluding carboxylic acids is 1. The normalized spacial score (nSPS) is 11.2. The van der Waals surface area contributed by atoms with Gasteiger partial charge in [-0.25, -0.2) is 9.78 Å². The number of nitrogens with one attached hydrogen (secondary N) is 2. The molecule has 0 unspecified atom stereocenters. The molecule has 0 aliphatic heterocycles. The van der Waals surface area contributed by atoms with Crippen molar-refractivity contribution >= 4 is 28.8 Å². The van der Waals surface area contributed by atoms with Crippen molar-refractivity contribution in [1.29, 1.82) is 0 Å². The maximum Gasteiger partial charge on any atom is 0.412 e. The molecule has 1 amide bonds. The van der Waals surface area contributed by atoms with Crippen LogP contribution in [0.1, 0.15) is 26.3 Å². The lowest BCUT2D eigenvalue weighted by molar-refractivity contribution is 0.0636. The van der Waals surface area contributed by atoms with E-state index in [9.17, 15) is 9.59 Å². The smallest absolute Gasteiger partial charge is 0.412 e. The van der Waals surface area contributed by atoms with Crippen LogP contribution in [0.4, 0.5) is 16.4 Å². The van der Waals surface area contributed by atoms with Crippen LogP contribution in [-0.4, -0.2) is 47.5 Å². The SMILES string of the molecule is CNc1ncc2cc(-c3cc(OC)cc(OC)c3)c(=O)n(CCc3ccc(NC(=O)OC(C)(C)C)cc3)c2n1. The van der Waals surface area contributed by atoms with Crippen molar-refractivity contribution in [2.75, 3.05) is 31.9 Å². The van der Waals surface area contributed by atoms with Gasteiger partial charge in [0.2, 0.25) is 5.95 Å². The molecule has 204 valence electrons. The Morgan fingerprint density at radius 1 is 1.00 bits per heavy atom. The van der Waals surface area contributed by atoms with Crippen LogP contribution in [0.25, 0.3) is 22.2 Å². The maximum absolute atomic E-state index is 13.8. The summed E-state index contributed by atoms with van der Waals surface area (Å²) in [7, 11) is 4.87. The van der Waals surface area contributed by atoms with E-state index in [0.29, 0.717) is 52.9 Å². The number of aryl methyl sites for hydroxylation is 2. The lowest BCUT2D eigenvalue weighted by Crippen LogP contribution is -2.27. The molecule has 0 fully saturated rings. The molecule has 0 aliphatic rings. The van der Waals surface area contributed by atoms with Gasteiger partial charge in [0.05, 0.1) is 14.2 Å². The summed E-state index contributed by atoms with van der Waals surface area (Å²) in [5.74, 6) is 1.58. The van der Waals surface area contributed by atoms with Crippen molar-refractivity contribution in [3.8, 4) is 22.6 Å². The van der Waals surface area contributed by atoms with Gasteiger partial charge in [-0.3, -0.25) is 14.7 Å². The molecular weight excluding hydrogens is 498 g/mol. The Bertz CT molecular complexity index is 1520. The molecule has 2 N–H and O–H groups in total. The molecule has 2 aromatic heterocycles. The zero-order valence-electron chi connectivity index (χ0n) is 23.0. The second-order valence-corrected chi connectivity index (χ2v) is 9.91. The summed E-state index contributed by atoms with van der Waals surface area (Å²) in [6, 6.07) is 14.6. The van der Waals surface area contributed by atoms with E-state index >= 15 is 0 Å². The molecule has 2 heterocycles. The third-order valence-electron chi connectivity index (χ3n) is 5.94. The number of aromatic nitrogens is 3. The number of anilines is 2. The molecule has 10 nitrogen and oxygen atoms in total. The lowest BCUT2D eigenvalue weighted by Gasteiger charge is -2.19. The summed E-state index contributed by atoms with van der Waals surface area (Å²) in [6.07, 6.45) is 1.74. The number of rotatable bonds is 8. The molecule has 0 radical (unpaired) electrons. The first-order valence-corrected chi connectivity index (χ1v) is 12.5. The standard InChI is InChI=1S/C29H33N5O5/c1-29(2,3)39-28(36)32-21-9-7-18(8-10-21)11-12-34-25-20(17-31-27(30-4)33-25)15-24(26(34)35)19-13-22(37-5)16-23(14-19)38-6/h7-10,13-17H,11-12H2,1-6H3,(H,32,36)(H,30,31,33). The van der Waals surface area contributed by atoms with E-state index in [1.54, 1.807) is 68.4 Å². The Balaban J connectivity index is 1.67. The first kappa shape index (κ1) is 27.4. The van der Waals surface area contributed by atoms with Gasteiger partial charge in [-0.15, -0.1) is 0 Å². The summed E-state index contributed by atoms with van der Waals surface area (Å²) < 4.78 is 17.8. The zero-order chi connectivity index (χ0) is 28.2. The largest absolute Gasteiger partial charge is 0.497 e. The highest BCUT2D eigenvalue weighted by atomic mass is 16.6. The molecule has 0 spiro atoms. The van der Waals surface area contributed by atoms with E-state index in [1.165, 1.54) is 0 Å². The number of methoxy groups -OCH3 is 2. The van der Waals surface area contributed by atoms with Gasteiger partial charge in [0.15, 0.2) is 0 Å². The summed E-state index contributed by atoms with van der Waals surface area (Å²) >= 11 is 0. The van der Waals surface area contributed by atoms with Crippen molar-refractivity contribution in [3.63, 3.8) is 0 Å². The maximum atomic E-state index is 13.8. The fourth-order valence-electron chi connectivity index (χ4n) is 4.07. The molecule has 0 saturated carbocycles. The predicted molar refractivity (Wildman–Crippen MR) is 152 cm³/mol. The summed E-state index contributed by atoms with van der Waals surface area (Å²) in [5.41, 5.74) is 2.51. The van der Waals surface area contributed by atoms with Crippen LogP contribution in [-0.2, 0) is 17.7 Å². The van der Waals surface area contributed by atoms with Crippen LogP contribution in [0.3, 0.4) is 0 Å². The van der Waals surface area contributed by atoms with E-state index in [4.69, 9.17) is 14.2 Å². The fourth-order valence-corrected chi connectivity index (χ4v) is 4.07. The lowest BCUT2D eigenvalue weighted by atomic mass is 10.0. The number of nitrogens with zero attached hydrogens (tertiary/aromatic N) is 3. The van der Waals surface area contributed by atoms with Crippen molar-refractivity contribution in [2.24, 2.45) is 0 Å². The molecule has 4 rings (SSSR count). The summed E-state index contributed by atoms with van der Waals surface area (Å²) in [6.45, 7) is 5.81. The van der Waals surface area contributed by atoms with Gasteiger partial charge in [0, 0.05) is 42.5 Å². The van der Waals surface area contributed by atoms with E-state index < -0.39 is 11.7 Å². The van der Waals surface area contributed by atoms with Crippen LogP contribution < -0.4 is 25.7 Å². The van der Waals surface area contributed by atoms with Crippen molar-refractivity contribution in [2.45, 2.75) is 39.3 Å². The molecule has 2 aromatic carbocycles. The Labute approximate surface area is 227 Å². The van der Waals surface area contributed by atoms with Crippen LogP contribution in [0.2, 0.25) is 0 Å². The van der Waals surface area contributed by atoms with Gasteiger partial charge in [-0.1, -0.05) is 12.1 Å². The van der Waals surface area contributed by atoms with E-state index in [1.807, 2.05) is 32.9 Å². The number of pyridine rings is 1. The van der Waals surface area contributed by atoms with Crippen LogP contribution in [0.5, 0.6) is 11.5 Å². The number of amides is 1. The van der Waals surface area contributed by atoms with E-state index in [-0.39, 0.29) is 5.56 Å². The van der Waals surface area contributed by atoms with Gasteiger partial charge in [0.25, 0.3) is 5.56 Å². The minimum absolute atomic E-state index is 0.193. The quantitative estimate of drug-likeness (QED) is 0.322. The van der Waals surface area contributed by atoms with Gasteiger partial charge >= 0.3 is 6.09 Å². The number of hydrogen-bond acceptors (Lipinski definition) is 8. The Kier molecular flexibility index (Phi) is 8.04. The third kappa shape index (κ3) is 6.64. The Morgan fingerprint density at radius 3 is 2.26 bits per heavy atom. The second kappa shape index (κ2) is 11.4. The Morgan fingerprint density at radius 2 is 1.67 bits per heavy atom. The molecule has 0 atom stereocenters. The van der Waals surface area contributed by atoms with Crippen molar-refractivity contribution in [1.82, 2.24) is 14.5 Å². The molecule has 4 aromatic rings. The highest BCUT2D eigenvalue weighted by Gasteiger charge is 2.17. The molecule has 0 aliphatic carbocycles. The second-order valence-electron chi connectivity index (χ2n) is 9.91. The van der Waals surface area contributed by atoms with Gasteiger partial charge in [-0.05, 0) is 68.7 Å². The molecule has 0 bridgehead atoms. The minimum Gasteiger partial charge on any atom is -0.497 e. The van der Waals surface area contributed by atoms with Gasteiger partial charge < -0.3 is 19.5 Å². The zero-order valence-corrected chi connectivity index (χ0v) is 23.0. The predicted octanol–water partition coefficient (Wildman–Crippen LogP) is 5.11. The highest BCUT2D eigenvalue weighted by Crippen LogP contribution is 2.29. The van der Waals surface area contributed by atoms with Crippen LogP contribution in [0, 0.1) is 0 Å². The first-order chi connectivity index (χ1) is 18.6. The summed E-state index contributed by atoms with van der Waals surface area (Å²) in [4.78, 5) is 34.8. The van der Waals surface area contributed by atoms with Gasteiger partial charge in [0.1, 0.15) is 22.7 Å². The molecular formula is C29H33N5O5. The summed E-state index contributed by atoms with van der Waals surface area (Å²) in [5, 5.41) is 6.39. The molecule has 39 heavy (non-hydrogen) atoms. The number of carbonyl (C=O) groups is 1. The van der Waals surface area contributed by atoms with E-state index in [0.717, 1.165) is 10.9 Å². The van der Waals surface area contributed by atoms with Crippen molar-refractivity contribution < 1.29 is 19.0 Å². The fraction of sp³-hybridized carbons (Fsp3) is 0.310. The third-order valence-corrected chi connectivity index (χ3v) is 5.94. The van der Waals surface area contributed by atoms with Crippen molar-refractivity contribution in [3.05, 3.63) is 70.6 Å². The van der Waals surface area contributed by atoms with E-state index in [2.05, 4.69) is 20.6 Å². The van der Waals surface area contributed by atoms with Gasteiger partial charge in [-0.2, -0.15) is 4.98 Å². The highest BCUT2D eigenvalue weighted by molar-refractivity contribution is 5.85. The number of hydrogen-bond donors (Lipinski definition) is 2. The number of ether oxygens (including phenoxy) is 3. The topological polar surface area (TPSA) is 117 Å². The average Bonchev–Trinajstić information content (AvgIpc) is 2.91. The monoisotopic (exact) mass is 531 g/mol.